The molecule has 1 amide bonds. The van der Waals surface area contributed by atoms with E-state index in [9.17, 15) is 18.3 Å². The van der Waals surface area contributed by atoms with E-state index in [1.54, 1.807) is 12.1 Å². The van der Waals surface area contributed by atoms with Crippen molar-refractivity contribution in [3.05, 3.63) is 167 Å². The van der Waals surface area contributed by atoms with E-state index in [1.807, 2.05) is 110 Å². The van der Waals surface area contributed by atoms with Crippen molar-refractivity contribution >= 4 is 15.9 Å². The third kappa shape index (κ3) is 10.9. The van der Waals surface area contributed by atoms with Crippen LogP contribution in [-0.2, 0) is 50.3 Å². The number of aromatic nitrogens is 1. The van der Waals surface area contributed by atoms with Crippen LogP contribution >= 0.6 is 0 Å². The van der Waals surface area contributed by atoms with E-state index in [0.29, 0.717) is 6.54 Å². The predicted molar refractivity (Wildman–Crippen MR) is 212 cm³/mol. The van der Waals surface area contributed by atoms with Gasteiger partial charge in [-0.25, -0.2) is 8.42 Å². The first-order valence-corrected chi connectivity index (χ1v) is 20.1. The molecule has 1 aliphatic rings. The van der Waals surface area contributed by atoms with Gasteiger partial charge in [0.2, 0.25) is 15.9 Å². The molecular formula is C44H50N4O6S. The highest BCUT2D eigenvalue weighted by Crippen LogP contribution is 2.41. The number of ether oxygens (including phenoxy) is 2. The molecule has 1 aromatic heterocycles. The molecule has 5 aromatic rings. The van der Waals surface area contributed by atoms with Crippen LogP contribution in [0.5, 0.6) is 0 Å². The molecule has 1 fully saturated rings. The molecule has 0 spiro atoms. The van der Waals surface area contributed by atoms with E-state index in [4.69, 9.17) is 9.47 Å². The van der Waals surface area contributed by atoms with Gasteiger partial charge < -0.3 is 24.8 Å². The number of likely N-dealkylation sites (N-methyl/N-ethyl adjacent to an activating group) is 1. The summed E-state index contributed by atoms with van der Waals surface area (Å²) in [5, 5.41) is 12.6. The molecule has 0 radical (unpaired) electrons. The maximum Gasteiger partial charge on any atom is 0.241 e. The molecule has 1 aliphatic heterocycles. The number of nitrogens with one attached hydrogen (secondary N) is 2. The predicted octanol–water partition coefficient (Wildman–Crippen LogP) is 6.05. The number of nitrogens with zero attached hydrogens (tertiary/aromatic N) is 2. The van der Waals surface area contributed by atoms with E-state index in [0.717, 1.165) is 52.0 Å². The Balaban J connectivity index is 1.14. The number of amides is 1. The van der Waals surface area contributed by atoms with Crippen LogP contribution in [0.15, 0.2) is 132 Å². The molecule has 55 heavy (non-hydrogen) atoms. The van der Waals surface area contributed by atoms with Gasteiger partial charge in [0.05, 0.1) is 23.7 Å². The molecule has 5 atom stereocenters. The van der Waals surface area contributed by atoms with Crippen molar-refractivity contribution in [2.75, 3.05) is 20.1 Å². The van der Waals surface area contributed by atoms with Crippen LogP contribution in [-0.4, -0.2) is 61.6 Å². The smallest absolute Gasteiger partial charge is 0.241 e. The number of aliphatic hydroxyl groups is 1. The molecule has 288 valence electrons. The Morgan fingerprint density at radius 1 is 0.836 bits per heavy atom. The first-order valence-electron chi connectivity index (χ1n) is 18.7. The van der Waals surface area contributed by atoms with Gasteiger partial charge in [0.25, 0.3) is 0 Å². The summed E-state index contributed by atoms with van der Waals surface area (Å²) in [6.45, 7) is 5.72. The number of rotatable bonds is 16. The fourth-order valence-electron chi connectivity index (χ4n) is 6.69. The number of carbonyl (C=O) groups excluding carboxylic acids is 1. The standard InChI is InChI=1S/C44H50N4O6S/c1-31-12-22-39(23-13-31)55(51,52)47-40(27-33-9-5-4-6-10-33)43(50)46-28-34-14-20-37(21-15-34)44-53-41(29-48(3)26-24-38-11-7-8-25-45-38)32(2)42(54-44)36-18-16-35(30-49)17-19-36/h4-23,25,32,40-42,44,47,49H,24,26-30H2,1-3H3,(H,46,50)/t32-,40-,41+,42+,44+/m1/s1. The van der Waals surface area contributed by atoms with Gasteiger partial charge in [0.15, 0.2) is 6.29 Å². The van der Waals surface area contributed by atoms with Crippen molar-refractivity contribution in [3.63, 3.8) is 0 Å². The summed E-state index contributed by atoms with van der Waals surface area (Å²) in [6.07, 6.45) is 1.81. The van der Waals surface area contributed by atoms with E-state index < -0.39 is 28.3 Å². The van der Waals surface area contributed by atoms with Crippen LogP contribution < -0.4 is 10.0 Å². The van der Waals surface area contributed by atoms with E-state index >= 15 is 0 Å². The zero-order valence-electron chi connectivity index (χ0n) is 31.5. The normalized spacial score (nSPS) is 19.2. The molecule has 0 aliphatic carbocycles. The van der Waals surface area contributed by atoms with Gasteiger partial charge in [-0.15, -0.1) is 0 Å². The van der Waals surface area contributed by atoms with Crippen molar-refractivity contribution in [1.82, 2.24) is 19.9 Å². The molecule has 4 aromatic carbocycles. The molecule has 0 saturated carbocycles. The van der Waals surface area contributed by atoms with E-state index in [-0.39, 0.29) is 42.6 Å². The third-order valence-corrected chi connectivity index (χ3v) is 11.5. The van der Waals surface area contributed by atoms with Gasteiger partial charge >= 0.3 is 0 Å². The lowest BCUT2D eigenvalue weighted by Crippen LogP contribution is -2.47. The quantitative estimate of drug-likeness (QED) is 0.111. The highest BCUT2D eigenvalue weighted by Gasteiger charge is 2.39. The Morgan fingerprint density at radius 2 is 1.51 bits per heavy atom. The number of hydrogen-bond donors (Lipinski definition) is 3. The Morgan fingerprint density at radius 3 is 2.18 bits per heavy atom. The lowest BCUT2D eigenvalue weighted by atomic mass is 9.90. The number of benzene rings is 4. The van der Waals surface area contributed by atoms with Crippen LogP contribution in [0, 0.1) is 12.8 Å². The maximum atomic E-state index is 13.6. The lowest BCUT2D eigenvalue weighted by molar-refractivity contribution is -0.275. The summed E-state index contributed by atoms with van der Waals surface area (Å²) in [6, 6.07) is 36.4. The fourth-order valence-corrected chi connectivity index (χ4v) is 7.89. The Hall–Kier alpha value is -4.75. The first-order chi connectivity index (χ1) is 26.6. The molecule has 3 N–H and O–H groups in total. The number of carbonyl (C=O) groups is 1. The zero-order valence-corrected chi connectivity index (χ0v) is 32.4. The van der Waals surface area contributed by atoms with E-state index in [2.05, 4.69) is 33.9 Å². The molecule has 1 saturated heterocycles. The topological polar surface area (TPSA) is 130 Å². The zero-order chi connectivity index (χ0) is 38.8. The molecule has 11 heteroatoms. The van der Waals surface area contributed by atoms with Crippen molar-refractivity contribution in [2.45, 2.75) is 69.3 Å². The third-order valence-electron chi connectivity index (χ3n) is 10.0. The molecule has 6 rings (SSSR count). The van der Waals surface area contributed by atoms with Crippen LogP contribution in [0.3, 0.4) is 0 Å². The SMILES string of the molecule is Cc1ccc(S(=O)(=O)N[C@H](Cc2ccccc2)C(=O)NCc2ccc([C@H]3O[C@@H](CN(C)CCc4ccccn4)[C@@H](C)[C@@H](c4ccc(CO)cc4)O3)cc2)cc1. The van der Waals surface area contributed by atoms with Gasteiger partial charge in [-0.1, -0.05) is 110 Å². The summed E-state index contributed by atoms with van der Waals surface area (Å²) < 4.78 is 42.6. The van der Waals surface area contributed by atoms with Gasteiger partial charge in [0.1, 0.15) is 6.04 Å². The summed E-state index contributed by atoms with van der Waals surface area (Å²) in [7, 11) is -1.87. The van der Waals surface area contributed by atoms with Crippen LogP contribution in [0.1, 0.15) is 58.4 Å². The second-order valence-electron chi connectivity index (χ2n) is 14.3. The van der Waals surface area contributed by atoms with Crippen LogP contribution in [0.25, 0.3) is 0 Å². The maximum absolute atomic E-state index is 13.6. The second-order valence-corrected chi connectivity index (χ2v) is 16.0. The minimum atomic E-state index is -3.96. The second kappa shape index (κ2) is 18.7. The molecule has 2 heterocycles. The number of sulfonamides is 1. The monoisotopic (exact) mass is 762 g/mol. The highest BCUT2D eigenvalue weighted by molar-refractivity contribution is 7.89. The van der Waals surface area contributed by atoms with Crippen molar-refractivity contribution in [3.8, 4) is 0 Å². The Bertz CT molecular complexity index is 2070. The fraction of sp³-hybridized carbons (Fsp3) is 0.318. The first kappa shape index (κ1) is 39.9. The molecule has 0 bridgehead atoms. The van der Waals surface area contributed by atoms with Crippen molar-refractivity contribution in [2.24, 2.45) is 5.92 Å². The molecule has 10 nitrogen and oxygen atoms in total. The average Bonchev–Trinajstić information content (AvgIpc) is 3.21. The van der Waals surface area contributed by atoms with Crippen LogP contribution in [0.2, 0.25) is 0 Å². The minimum Gasteiger partial charge on any atom is -0.392 e. The Labute approximate surface area is 324 Å². The molecule has 0 unspecified atom stereocenters. The number of hydrogen-bond acceptors (Lipinski definition) is 8. The summed E-state index contributed by atoms with van der Waals surface area (Å²) in [5.41, 5.74) is 6.34. The number of aliphatic hydroxyl groups excluding tert-OH is 1. The summed E-state index contributed by atoms with van der Waals surface area (Å²) in [4.78, 5) is 20.4. The number of aryl methyl sites for hydroxylation is 1. The summed E-state index contributed by atoms with van der Waals surface area (Å²) in [5.74, 6) is -0.392. The van der Waals surface area contributed by atoms with E-state index in [1.165, 1.54) is 12.1 Å². The van der Waals surface area contributed by atoms with Gasteiger partial charge in [-0.2, -0.15) is 4.72 Å². The van der Waals surface area contributed by atoms with Gasteiger partial charge in [-0.3, -0.25) is 9.78 Å². The lowest BCUT2D eigenvalue weighted by Gasteiger charge is -2.42. The average molecular weight is 763 g/mol. The minimum absolute atomic E-state index is 0.0275. The Kier molecular flexibility index (Phi) is 13.6. The highest BCUT2D eigenvalue weighted by atomic mass is 32.2. The van der Waals surface area contributed by atoms with Gasteiger partial charge in [-0.05, 0) is 66.9 Å². The largest absolute Gasteiger partial charge is 0.392 e. The molecular weight excluding hydrogens is 713 g/mol. The van der Waals surface area contributed by atoms with Crippen molar-refractivity contribution < 1.29 is 27.8 Å². The van der Waals surface area contributed by atoms with Crippen molar-refractivity contribution in [1.29, 1.82) is 0 Å². The number of pyridine rings is 1. The van der Waals surface area contributed by atoms with Crippen LogP contribution in [0.4, 0.5) is 0 Å². The van der Waals surface area contributed by atoms with Gasteiger partial charge in [0, 0.05) is 49.4 Å². The summed E-state index contributed by atoms with van der Waals surface area (Å²) >= 11 is 0.